The zero-order valence-electron chi connectivity index (χ0n) is 10.1. The van der Waals surface area contributed by atoms with Crippen LogP contribution in [0.15, 0.2) is 29.8 Å². The molecule has 1 aromatic rings. The lowest BCUT2D eigenvalue weighted by Crippen LogP contribution is -2.17. The lowest BCUT2D eigenvalue weighted by Gasteiger charge is -2.06. The molecule has 0 amide bonds. The van der Waals surface area contributed by atoms with E-state index in [1.807, 2.05) is 6.07 Å². The van der Waals surface area contributed by atoms with Crippen molar-refractivity contribution in [2.75, 3.05) is 13.1 Å². The van der Waals surface area contributed by atoms with Crippen molar-refractivity contribution in [2.24, 2.45) is 0 Å². The summed E-state index contributed by atoms with van der Waals surface area (Å²) in [6, 6.07) is 6.71. The van der Waals surface area contributed by atoms with Crippen LogP contribution in [0.2, 0.25) is 0 Å². The highest BCUT2D eigenvalue weighted by Gasteiger charge is 1.96. The molecule has 88 valence electrons. The number of halogens is 1. The minimum atomic E-state index is -0.175. The Balaban J connectivity index is 2.64. The van der Waals surface area contributed by atoms with Gasteiger partial charge >= 0.3 is 0 Å². The maximum absolute atomic E-state index is 13.0. The first-order valence-corrected chi connectivity index (χ1v) is 5.92. The fourth-order valence-corrected chi connectivity index (χ4v) is 1.54. The molecule has 0 aliphatic heterocycles. The number of hydrogen-bond donors (Lipinski definition) is 1. The molecule has 0 heterocycles. The Bertz CT molecular complexity index is 344. The molecule has 0 saturated heterocycles. The van der Waals surface area contributed by atoms with Crippen molar-refractivity contribution in [1.82, 2.24) is 5.32 Å². The topological polar surface area (TPSA) is 12.0 Å². The molecule has 0 radical (unpaired) electrons. The third-order valence-electron chi connectivity index (χ3n) is 2.45. The third kappa shape index (κ3) is 4.58. The Morgan fingerprint density at radius 1 is 1.38 bits per heavy atom. The van der Waals surface area contributed by atoms with Crippen LogP contribution in [-0.4, -0.2) is 13.1 Å². The molecule has 0 aliphatic carbocycles. The van der Waals surface area contributed by atoms with E-state index in [9.17, 15) is 4.39 Å². The van der Waals surface area contributed by atoms with Crippen LogP contribution >= 0.6 is 0 Å². The Labute approximate surface area is 97.4 Å². The molecule has 1 rings (SSSR count). The van der Waals surface area contributed by atoms with Gasteiger partial charge in [0.15, 0.2) is 0 Å². The molecule has 1 N–H and O–H groups in total. The van der Waals surface area contributed by atoms with E-state index in [4.69, 9.17) is 0 Å². The highest BCUT2D eigenvalue weighted by molar-refractivity contribution is 5.53. The second-order valence-electron chi connectivity index (χ2n) is 3.89. The lowest BCUT2D eigenvalue weighted by atomic mass is 10.1. The summed E-state index contributed by atoms with van der Waals surface area (Å²) >= 11 is 0. The molecular weight excluding hydrogens is 201 g/mol. The molecule has 16 heavy (non-hydrogen) atoms. The van der Waals surface area contributed by atoms with E-state index in [1.54, 1.807) is 12.1 Å². The van der Waals surface area contributed by atoms with Gasteiger partial charge in [-0.1, -0.05) is 37.6 Å². The monoisotopic (exact) mass is 221 g/mol. The summed E-state index contributed by atoms with van der Waals surface area (Å²) < 4.78 is 13.0. The van der Waals surface area contributed by atoms with E-state index in [0.29, 0.717) is 0 Å². The zero-order chi connectivity index (χ0) is 11.8. The minimum absolute atomic E-state index is 0.175. The predicted molar refractivity (Wildman–Crippen MR) is 67.8 cm³/mol. The number of hydrogen-bond acceptors (Lipinski definition) is 1. The Morgan fingerprint density at radius 3 is 2.81 bits per heavy atom. The van der Waals surface area contributed by atoms with Crippen LogP contribution in [0.25, 0.3) is 6.08 Å². The molecule has 2 heteroatoms. The maximum Gasteiger partial charge on any atom is 0.123 e. The minimum Gasteiger partial charge on any atom is -0.313 e. The van der Waals surface area contributed by atoms with Gasteiger partial charge in [0.2, 0.25) is 0 Å². The van der Waals surface area contributed by atoms with Gasteiger partial charge in [0, 0.05) is 6.54 Å². The average molecular weight is 221 g/mol. The summed E-state index contributed by atoms with van der Waals surface area (Å²) in [4.78, 5) is 0. The number of rotatable bonds is 6. The summed E-state index contributed by atoms with van der Waals surface area (Å²) in [6.45, 7) is 6.19. The van der Waals surface area contributed by atoms with Gasteiger partial charge in [-0.05, 0) is 37.1 Å². The standard InChI is InChI=1S/C14H20FN/c1-3-8-16-11-12(4-2)9-13-6-5-7-14(15)10-13/h5-7,9-10,16H,3-4,8,11H2,1-2H3. The Morgan fingerprint density at radius 2 is 2.19 bits per heavy atom. The smallest absolute Gasteiger partial charge is 0.123 e. The normalized spacial score (nSPS) is 11.8. The molecule has 0 aliphatic rings. The van der Waals surface area contributed by atoms with Crippen molar-refractivity contribution in [3.05, 3.63) is 41.2 Å². The van der Waals surface area contributed by atoms with Crippen LogP contribution in [0.4, 0.5) is 4.39 Å². The van der Waals surface area contributed by atoms with E-state index >= 15 is 0 Å². The quantitative estimate of drug-likeness (QED) is 0.723. The first-order valence-electron chi connectivity index (χ1n) is 5.92. The van der Waals surface area contributed by atoms with Crippen molar-refractivity contribution >= 4 is 6.08 Å². The van der Waals surface area contributed by atoms with Gasteiger partial charge < -0.3 is 5.32 Å². The number of nitrogens with one attached hydrogen (secondary N) is 1. The molecule has 0 fully saturated rings. The Kier molecular flexibility index (Phi) is 5.79. The van der Waals surface area contributed by atoms with Gasteiger partial charge in [-0.15, -0.1) is 0 Å². The van der Waals surface area contributed by atoms with Gasteiger partial charge in [-0.25, -0.2) is 4.39 Å². The van der Waals surface area contributed by atoms with E-state index < -0.39 is 0 Å². The molecule has 0 aromatic heterocycles. The lowest BCUT2D eigenvalue weighted by molar-refractivity contribution is 0.627. The molecule has 1 aromatic carbocycles. The molecule has 0 spiro atoms. The maximum atomic E-state index is 13.0. The second-order valence-corrected chi connectivity index (χ2v) is 3.89. The van der Waals surface area contributed by atoms with Gasteiger partial charge in [0.25, 0.3) is 0 Å². The third-order valence-corrected chi connectivity index (χ3v) is 2.45. The van der Waals surface area contributed by atoms with Crippen molar-refractivity contribution in [2.45, 2.75) is 26.7 Å². The van der Waals surface area contributed by atoms with E-state index in [0.717, 1.165) is 31.5 Å². The van der Waals surface area contributed by atoms with Crippen LogP contribution < -0.4 is 5.32 Å². The van der Waals surface area contributed by atoms with Crippen LogP contribution in [0.1, 0.15) is 32.3 Å². The van der Waals surface area contributed by atoms with Crippen LogP contribution in [0.3, 0.4) is 0 Å². The zero-order valence-corrected chi connectivity index (χ0v) is 10.1. The fourth-order valence-electron chi connectivity index (χ4n) is 1.54. The highest BCUT2D eigenvalue weighted by atomic mass is 19.1. The van der Waals surface area contributed by atoms with E-state index in [2.05, 4.69) is 25.2 Å². The first-order chi connectivity index (χ1) is 7.76. The van der Waals surface area contributed by atoms with Crippen LogP contribution in [-0.2, 0) is 0 Å². The SMILES string of the molecule is CCCNCC(=Cc1cccc(F)c1)CC. The first kappa shape index (κ1) is 12.9. The summed E-state index contributed by atoms with van der Waals surface area (Å²) in [7, 11) is 0. The Hall–Kier alpha value is -1.15. The van der Waals surface area contributed by atoms with Crippen molar-refractivity contribution in [1.29, 1.82) is 0 Å². The highest BCUT2D eigenvalue weighted by Crippen LogP contribution is 2.10. The molecule has 0 bridgehead atoms. The second kappa shape index (κ2) is 7.18. The summed E-state index contributed by atoms with van der Waals surface area (Å²) in [6.07, 6.45) is 4.19. The average Bonchev–Trinajstić information content (AvgIpc) is 2.28. The van der Waals surface area contributed by atoms with E-state index in [-0.39, 0.29) is 5.82 Å². The number of benzene rings is 1. The van der Waals surface area contributed by atoms with Gasteiger partial charge in [0.1, 0.15) is 5.82 Å². The summed E-state index contributed by atoms with van der Waals surface area (Å²) in [5.74, 6) is -0.175. The van der Waals surface area contributed by atoms with Crippen LogP contribution in [0, 0.1) is 5.82 Å². The van der Waals surface area contributed by atoms with Crippen molar-refractivity contribution in [3.8, 4) is 0 Å². The predicted octanol–water partition coefficient (Wildman–Crippen LogP) is 3.62. The molecule has 0 unspecified atom stereocenters. The van der Waals surface area contributed by atoms with Crippen molar-refractivity contribution in [3.63, 3.8) is 0 Å². The van der Waals surface area contributed by atoms with Gasteiger partial charge in [-0.2, -0.15) is 0 Å². The molecule has 0 saturated carbocycles. The van der Waals surface area contributed by atoms with Crippen LogP contribution in [0.5, 0.6) is 0 Å². The largest absolute Gasteiger partial charge is 0.313 e. The van der Waals surface area contributed by atoms with Gasteiger partial charge in [0.05, 0.1) is 0 Å². The summed E-state index contributed by atoms with van der Waals surface area (Å²) in [5, 5.41) is 3.36. The molecule has 1 nitrogen and oxygen atoms in total. The summed E-state index contributed by atoms with van der Waals surface area (Å²) in [5.41, 5.74) is 2.24. The van der Waals surface area contributed by atoms with E-state index in [1.165, 1.54) is 11.6 Å². The molecule has 0 atom stereocenters. The fraction of sp³-hybridized carbons (Fsp3) is 0.429. The van der Waals surface area contributed by atoms with Crippen molar-refractivity contribution < 1.29 is 4.39 Å². The van der Waals surface area contributed by atoms with Gasteiger partial charge in [-0.3, -0.25) is 0 Å². The molecular formula is C14H20FN.